The molecule has 0 radical (unpaired) electrons. The minimum absolute atomic E-state index is 0.0305. The van der Waals surface area contributed by atoms with Gasteiger partial charge < -0.3 is 4.90 Å². The molecule has 1 N–H and O–H groups in total. The molecule has 28 heavy (non-hydrogen) atoms. The van der Waals surface area contributed by atoms with Gasteiger partial charge in [0, 0.05) is 29.3 Å². The summed E-state index contributed by atoms with van der Waals surface area (Å²) in [5, 5.41) is 0. The smallest absolute Gasteiger partial charge is 0.264 e. The van der Waals surface area contributed by atoms with E-state index in [1.54, 1.807) is 6.07 Å². The molecule has 0 aromatic heterocycles. The lowest BCUT2D eigenvalue weighted by molar-refractivity contribution is 0.0857. The summed E-state index contributed by atoms with van der Waals surface area (Å²) in [6.45, 7) is 1.61. The van der Waals surface area contributed by atoms with Crippen LogP contribution < -0.4 is 4.72 Å². The maximum Gasteiger partial charge on any atom is 0.264 e. The van der Waals surface area contributed by atoms with Gasteiger partial charge in [0.2, 0.25) is 0 Å². The largest absolute Gasteiger partial charge is 0.306 e. The van der Waals surface area contributed by atoms with E-state index in [2.05, 4.69) is 9.62 Å². The van der Waals surface area contributed by atoms with E-state index >= 15 is 0 Å². The van der Waals surface area contributed by atoms with Crippen molar-refractivity contribution in [2.45, 2.75) is 17.7 Å². The first-order valence-electron chi connectivity index (χ1n) is 8.67. The number of halogens is 3. The van der Waals surface area contributed by atoms with Crippen molar-refractivity contribution in [1.29, 1.82) is 0 Å². The molecule has 0 aliphatic carbocycles. The highest BCUT2D eigenvalue weighted by atomic mass is 32.2. The summed E-state index contributed by atoms with van der Waals surface area (Å²) in [6, 6.07) is 6.28. The zero-order valence-corrected chi connectivity index (χ0v) is 15.9. The van der Waals surface area contributed by atoms with Crippen LogP contribution in [0.15, 0.2) is 41.3 Å². The van der Waals surface area contributed by atoms with Gasteiger partial charge in [0.25, 0.3) is 10.0 Å². The lowest BCUT2D eigenvalue weighted by Gasteiger charge is -2.28. The highest BCUT2D eigenvalue weighted by molar-refractivity contribution is 7.92. The summed E-state index contributed by atoms with van der Waals surface area (Å²) in [4.78, 5) is 13.8. The van der Waals surface area contributed by atoms with Gasteiger partial charge >= 0.3 is 0 Å². The Morgan fingerprint density at radius 3 is 2.36 bits per heavy atom. The molecule has 150 valence electrons. The van der Waals surface area contributed by atoms with Gasteiger partial charge in [-0.1, -0.05) is 12.1 Å². The summed E-state index contributed by atoms with van der Waals surface area (Å²) in [5.41, 5.74) is 0.364. The molecular weight excluding hydrogens is 393 g/mol. The second-order valence-electron chi connectivity index (χ2n) is 6.82. The zero-order valence-electron chi connectivity index (χ0n) is 15.1. The molecule has 1 saturated heterocycles. The van der Waals surface area contributed by atoms with Crippen LogP contribution in [-0.2, 0) is 10.0 Å². The third-order valence-corrected chi connectivity index (χ3v) is 6.15. The van der Waals surface area contributed by atoms with E-state index in [1.807, 2.05) is 7.05 Å². The SMILES string of the molecule is CN1CCC(C(=O)c2cccc(NS(=O)(=O)c3cc(F)c(F)cc3F)c2)CC1. The topological polar surface area (TPSA) is 66.5 Å². The van der Waals surface area contributed by atoms with E-state index in [9.17, 15) is 26.4 Å². The lowest BCUT2D eigenvalue weighted by Crippen LogP contribution is -2.33. The molecule has 1 fully saturated rings. The van der Waals surface area contributed by atoms with Crippen molar-refractivity contribution in [1.82, 2.24) is 4.90 Å². The molecule has 0 spiro atoms. The Balaban J connectivity index is 1.83. The van der Waals surface area contributed by atoms with Crippen LogP contribution >= 0.6 is 0 Å². The molecule has 0 amide bonds. The first kappa shape index (κ1) is 20.3. The van der Waals surface area contributed by atoms with Crippen molar-refractivity contribution in [3.8, 4) is 0 Å². The Hall–Kier alpha value is -2.39. The van der Waals surface area contributed by atoms with Crippen LogP contribution in [0.25, 0.3) is 0 Å². The molecule has 0 unspecified atom stereocenters. The van der Waals surface area contributed by atoms with Crippen LogP contribution in [0, 0.1) is 23.4 Å². The number of benzene rings is 2. The second-order valence-corrected chi connectivity index (χ2v) is 8.48. The Labute approximate surface area is 161 Å². The van der Waals surface area contributed by atoms with Crippen LogP contribution in [0.5, 0.6) is 0 Å². The van der Waals surface area contributed by atoms with E-state index in [-0.39, 0.29) is 29.5 Å². The average Bonchev–Trinajstić information content (AvgIpc) is 2.64. The van der Waals surface area contributed by atoms with Gasteiger partial charge in [0.15, 0.2) is 17.4 Å². The van der Waals surface area contributed by atoms with Gasteiger partial charge in [-0.3, -0.25) is 9.52 Å². The van der Waals surface area contributed by atoms with E-state index in [1.165, 1.54) is 18.2 Å². The van der Waals surface area contributed by atoms with Crippen LogP contribution in [0.4, 0.5) is 18.9 Å². The summed E-state index contributed by atoms with van der Waals surface area (Å²) in [6.07, 6.45) is 1.43. The number of hydrogen-bond donors (Lipinski definition) is 1. The predicted molar refractivity (Wildman–Crippen MR) is 98.1 cm³/mol. The number of ketones is 1. The van der Waals surface area contributed by atoms with Gasteiger partial charge in [-0.15, -0.1) is 0 Å². The number of hydrogen-bond acceptors (Lipinski definition) is 4. The van der Waals surface area contributed by atoms with Crippen LogP contribution in [0.2, 0.25) is 0 Å². The number of piperidine rings is 1. The zero-order chi connectivity index (χ0) is 20.5. The third kappa shape index (κ3) is 4.36. The van der Waals surface area contributed by atoms with Crippen LogP contribution in [-0.4, -0.2) is 39.2 Å². The second kappa shape index (κ2) is 7.92. The van der Waals surface area contributed by atoms with E-state index in [0.717, 1.165) is 13.1 Å². The summed E-state index contributed by atoms with van der Waals surface area (Å²) in [7, 11) is -2.53. The fraction of sp³-hybridized carbons (Fsp3) is 0.316. The van der Waals surface area contributed by atoms with E-state index in [0.29, 0.717) is 18.4 Å². The summed E-state index contributed by atoms with van der Waals surface area (Å²) >= 11 is 0. The number of Topliss-reactive ketones (excluding diaryl/α,β-unsaturated/α-hetero) is 1. The Morgan fingerprint density at radius 2 is 1.68 bits per heavy atom. The number of carbonyl (C=O) groups is 1. The van der Waals surface area contributed by atoms with Crippen molar-refractivity contribution in [2.24, 2.45) is 5.92 Å². The monoisotopic (exact) mass is 412 g/mol. The number of nitrogens with one attached hydrogen (secondary N) is 1. The number of rotatable bonds is 5. The van der Waals surface area contributed by atoms with Gasteiger partial charge in [-0.25, -0.2) is 21.6 Å². The number of nitrogens with zero attached hydrogens (tertiary/aromatic N) is 1. The molecule has 1 aliphatic rings. The molecule has 5 nitrogen and oxygen atoms in total. The number of carbonyl (C=O) groups excluding carboxylic acids is 1. The van der Waals surface area contributed by atoms with Gasteiger partial charge in [-0.2, -0.15) is 0 Å². The quantitative estimate of drug-likeness (QED) is 0.604. The molecule has 2 aromatic carbocycles. The van der Waals surface area contributed by atoms with Crippen molar-refractivity contribution in [2.75, 3.05) is 24.9 Å². The molecule has 1 heterocycles. The van der Waals surface area contributed by atoms with E-state index in [4.69, 9.17) is 0 Å². The van der Waals surface area contributed by atoms with Crippen molar-refractivity contribution in [3.05, 3.63) is 59.4 Å². The van der Waals surface area contributed by atoms with Gasteiger partial charge in [0.1, 0.15) is 10.7 Å². The first-order chi connectivity index (χ1) is 13.2. The number of likely N-dealkylation sites (tertiary alicyclic amines) is 1. The van der Waals surface area contributed by atoms with Crippen LogP contribution in [0.1, 0.15) is 23.2 Å². The van der Waals surface area contributed by atoms with Crippen molar-refractivity contribution < 1.29 is 26.4 Å². The standard InChI is InChI=1S/C19H19F3N2O3S/c1-24-7-5-12(6-8-24)19(25)13-3-2-4-14(9-13)23-28(26,27)18-11-16(21)15(20)10-17(18)22/h2-4,9-12,23H,5-8H2,1H3. The van der Waals surface area contributed by atoms with Gasteiger partial charge in [-0.05, 0) is 45.1 Å². The molecule has 1 aliphatic heterocycles. The predicted octanol–water partition coefficient (Wildman–Crippen LogP) is 3.43. The van der Waals surface area contributed by atoms with Crippen molar-refractivity contribution in [3.63, 3.8) is 0 Å². The third-order valence-electron chi connectivity index (χ3n) is 4.75. The molecular formula is C19H19F3N2O3S. The molecule has 9 heteroatoms. The normalized spacial score (nSPS) is 16.1. The van der Waals surface area contributed by atoms with Crippen LogP contribution in [0.3, 0.4) is 0 Å². The fourth-order valence-corrected chi connectivity index (χ4v) is 4.28. The maximum absolute atomic E-state index is 13.8. The molecule has 2 aromatic rings. The van der Waals surface area contributed by atoms with Crippen molar-refractivity contribution >= 4 is 21.5 Å². The molecule has 0 bridgehead atoms. The minimum Gasteiger partial charge on any atom is -0.306 e. The maximum atomic E-state index is 13.8. The average molecular weight is 412 g/mol. The van der Waals surface area contributed by atoms with E-state index < -0.39 is 32.4 Å². The number of sulfonamides is 1. The Kier molecular flexibility index (Phi) is 5.76. The summed E-state index contributed by atoms with van der Waals surface area (Å²) in [5.74, 6) is -4.61. The number of anilines is 1. The Morgan fingerprint density at radius 1 is 1.04 bits per heavy atom. The molecule has 3 rings (SSSR count). The highest BCUT2D eigenvalue weighted by Gasteiger charge is 2.26. The first-order valence-corrected chi connectivity index (χ1v) is 10.2. The minimum atomic E-state index is -4.51. The van der Waals surface area contributed by atoms with Gasteiger partial charge in [0.05, 0.1) is 0 Å². The fourth-order valence-electron chi connectivity index (χ4n) is 3.16. The highest BCUT2D eigenvalue weighted by Crippen LogP contribution is 2.25. The summed E-state index contributed by atoms with van der Waals surface area (Å²) < 4.78 is 67.1. The lowest BCUT2D eigenvalue weighted by atomic mass is 9.89. The molecule has 0 atom stereocenters. The Bertz CT molecular complexity index is 1000. The molecule has 0 saturated carbocycles.